The lowest BCUT2D eigenvalue weighted by Crippen LogP contribution is -2.19. The summed E-state index contributed by atoms with van der Waals surface area (Å²) in [6.45, 7) is 0. The number of hydrogen-bond donors (Lipinski definition) is 1. The molecule has 0 spiro atoms. The summed E-state index contributed by atoms with van der Waals surface area (Å²) in [6.07, 6.45) is 3.01. The monoisotopic (exact) mass is 375 g/mol. The molecule has 0 saturated heterocycles. The number of carbonyl (C=O) groups excluding carboxylic acids is 1. The van der Waals surface area contributed by atoms with E-state index in [9.17, 15) is 14.9 Å². The molecule has 3 heterocycles. The number of nitro groups is 1. The summed E-state index contributed by atoms with van der Waals surface area (Å²) in [4.78, 5) is 27.1. The second-order valence-electron chi connectivity index (χ2n) is 5.74. The molecule has 1 N–H and O–H groups in total. The topological polar surface area (TPSA) is 115 Å². The van der Waals surface area contributed by atoms with Crippen LogP contribution in [0.5, 0.6) is 0 Å². The summed E-state index contributed by atoms with van der Waals surface area (Å²) in [5.74, 6) is -0.773. The normalized spacial score (nSPS) is 11.1. The molecule has 0 aliphatic rings. The summed E-state index contributed by atoms with van der Waals surface area (Å²) in [6, 6.07) is 17.5. The summed E-state index contributed by atoms with van der Waals surface area (Å²) >= 11 is 0. The van der Waals surface area contributed by atoms with Gasteiger partial charge in [-0.1, -0.05) is 36.4 Å². The van der Waals surface area contributed by atoms with Crippen LogP contribution in [-0.2, 0) is 0 Å². The van der Waals surface area contributed by atoms with Gasteiger partial charge in [0.2, 0.25) is 0 Å². The number of benzene rings is 1. The number of imidazole rings is 1. The van der Waals surface area contributed by atoms with E-state index < -0.39 is 16.7 Å². The van der Waals surface area contributed by atoms with Gasteiger partial charge in [0.15, 0.2) is 11.5 Å². The van der Waals surface area contributed by atoms with Crippen molar-refractivity contribution in [1.82, 2.24) is 14.8 Å². The maximum Gasteiger partial charge on any atom is 0.433 e. The SMILES string of the molecule is O=C(NN=Cc1ccc([N+](=O)[O-])o1)c1nc2ccccn2c1-c1ccccc1. The first kappa shape index (κ1) is 17.2. The first-order valence-electron chi connectivity index (χ1n) is 8.23. The van der Waals surface area contributed by atoms with Crippen LogP contribution in [0.1, 0.15) is 16.2 Å². The smallest absolute Gasteiger partial charge is 0.400 e. The molecule has 4 aromatic rings. The van der Waals surface area contributed by atoms with Crippen LogP contribution in [0.3, 0.4) is 0 Å². The zero-order valence-electron chi connectivity index (χ0n) is 14.4. The molecule has 1 amide bonds. The third-order valence-corrected chi connectivity index (χ3v) is 3.94. The predicted octanol–water partition coefficient (Wildman–Crippen LogP) is 3.27. The lowest BCUT2D eigenvalue weighted by Gasteiger charge is -2.04. The van der Waals surface area contributed by atoms with Crippen molar-refractivity contribution in [2.24, 2.45) is 5.10 Å². The van der Waals surface area contributed by atoms with Gasteiger partial charge < -0.3 is 4.42 Å². The van der Waals surface area contributed by atoms with Gasteiger partial charge in [-0.2, -0.15) is 5.10 Å². The van der Waals surface area contributed by atoms with Crippen molar-refractivity contribution in [3.05, 3.63) is 88.4 Å². The Hall–Kier alpha value is -4.27. The highest BCUT2D eigenvalue weighted by atomic mass is 16.6. The highest BCUT2D eigenvalue weighted by molar-refractivity contribution is 5.99. The molecule has 9 heteroatoms. The van der Waals surface area contributed by atoms with Crippen molar-refractivity contribution in [3.63, 3.8) is 0 Å². The highest BCUT2D eigenvalue weighted by Gasteiger charge is 2.20. The Kier molecular flexibility index (Phi) is 4.38. The molecule has 28 heavy (non-hydrogen) atoms. The van der Waals surface area contributed by atoms with Crippen molar-refractivity contribution in [1.29, 1.82) is 0 Å². The molecule has 9 nitrogen and oxygen atoms in total. The van der Waals surface area contributed by atoms with E-state index in [-0.39, 0.29) is 11.5 Å². The van der Waals surface area contributed by atoms with Crippen LogP contribution >= 0.6 is 0 Å². The maximum absolute atomic E-state index is 12.7. The second-order valence-corrected chi connectivity index (χ2v) is 5.74. The first-order chi connectivity index (χ1) is 13.6. The molecule has 3 aromatic heterocycles. The molecule has 0 aliphatic heterocycles. The van der Waals surface area contributed by atoms with Crippen molar-refractivity contribution >= 4 is 23.7 Å². The van der Waals surface area contributed by atoms with Gasteiger partial charge in [0.25, 0.3) is 5.91 Å². The molecule has 0 saturated carbocycles. The average molecular weight is 375 g/mol. The number of nitrogens with zero attached hydrogens (tertiary/aromatic N) is 4. The molecule has 0 atom stereocenters. The minimum absolute atomic E-state index is 0.144. The summed E-state index contributed by atoms with van der Waals surface area (Å²) < 4.78 is 6.78. The molecular formula is C19H13N5O4. The van der Waals surface area contributed by atoms with Gasteiger partial charge in [0, 0.05) is 11.8 Å². The molecule has 0 radical (unpaired) electrons. The van der Waals surface area contributed by atoms with Crippen LogP contribution in [0.2, 0.25) is 0 Å². The number of pyridine rings is 1. The molecule has 0 fully saturated rings. The third kappa shape index (κ3) is 3.23. The number of fused-ring (bicyclic) bond motifs is 1. The fourth-order valence-corrected chi connectivity index (χ4v) is 2.74. The summed E-state index contributed by atoms with van der Waals surface area (Å²) in [7, 11) is 0. The van der Waals surface area contributed by atoms with E-state index in [1.54, 1.807) is 6.07 Å². The largest absolute Gasteiger partial charge is 0.433 e. The van der Waals surface area contributed by atoms with Gasteiger partial charge in [-0.3, -0.25) is 19.3 Å². The fraction of sp³-hybridized carbons (Fsp3) is 0. The van der Waals surface area contributed by atoms with E-state index >= 15 is 0 Å². The highest BCUT2D eigenvalue weighted by Crippen LogP contribution is 2.25. The molecule has 0 unspecified atom stereocenters. The minimum Gasteiger partial charge on any atom is -0.400 e. The zero-order valence-corrected chi connectivity index (χ0v) is 14.4. The zero-order chi connectivity index (χ0) is 19.5. The van der Waals surface area contributed by atoms with E-state index in [1.807, 2.05) is 53.1 Å². The number of nitrogens with one attached hydrogen (secondary N) is 1. The predicted molar refractivity (Wildman–Crippen MR) is 101 cm³/mol. The third-order valence-electron chi connectivity index (χ3n) is 3.94. The van der Waals surface area contributed by atoms with Crippen molar-refractivity contribution in [2.45, 2.75) is 0 Å². The maximum atomic E-state index is 12.7. The Morgan fingerprint density at radius 1 is 1.14 bits per heavy atom. The average Bonchev–Trinajstić information content (AvgIpc) is 3.33. The van der Waals surface area contributed by atoms with E-state index in [4.69, 9.17) is 4.42 Å². The molecule has 1 aromatic carbocycles. The quantitative estimate of drug-likeness (QED) is 0.327. The number of hydrazone groups is 1. The number of furan rings is 1. The van der Waals surface area contributed by atoms with E-state index in [0.717, 1.165) is 5.56 Å². The number of carbonyl (C=O) groups is 1. The number of rotatable bonds is 5. The number of amides is 1. The van der Waals surface area contributed by atoms with Gasteiger partial charge in [-0.15, -0.1) is 0 Å². The summed E-state index contributed by atoms with van der Waals surface area (Å²) in [5.41, 5.74) is 4.68. The van der Waals surface area contributed by atoms with Crippen LogP contribution in [-0.4, -0.2) is 26.4 Å². The second kappa shape index (κ2) is 7.16. The molecule has 0 bridgehead atoms. The van der Waals surface area contributed by atoms with Crippen LogP contribution in [0.4, 0.5) is 5.88 Å². The van der Waals surface area contributed by atoms with Gasteiger partial charge in [0.05, 0.1) is 18.0 Å². The molecule has 4 rings (SSSR count). The standard InChI is InChI=1S/C19H13N5O4/c25-19(22-20-12-14-9-10-16(28-14)24(26)27)17-18(13-6-2-1-3-7-13)23-11-5-4-8-15(23)21-17/h1-12H,(H,22,25). The van der Waals surface area contributed by atoms with Gasteiger partial charge in [-0.25, -0.2) is 10.4 Å². The van der Waals surface area contributed by atoms with E-state index in [1.165, 1.54) is 18.3 Å². The Balaban J connectivity index is 1.64. The van der Waals surface area contributed by atoms with Crippen LogP contribution in [0.25, 0.3) is 16.9 Å². The Bertz CT molecular complexity index is 1190. The lowest BCUT2D eigenvalue weighted by atomic mass is 10.1. The van der Waals surface area contributed by atoms with Crippen LogP contribution in [0, 0.1) is 10.1 Å². The van der Waals surface area contributed by atoms with Crippen molar-refractivity contribution in [2.75, 3.05) is 0 Å². The first-order valence-corrected chi connectivity index (χ1v) is 8.23. The molecule has 138 valence electrons. The fourth-order valence-electron chi connectivity index (χ4n) is 2.74. The van der Waals surface area contributed by atoms with Gasteiger partial charge >= 0.3 is 5.88 Å². The minimum atomic E-state index is -0.654. The van der Waals surface area contributed by atoms with Crippen LogP contribution < -0.4 is 5.43 Å². The van der Waals surface area contributed by atoms with E-state index in [2.05, 4.69) is 15.5 Å². The number of aromatic nitrogens is 2. The lowest BCUT2D eigenvalue weighted by molar-refractivity contribution is -0.402. The molecular weight excluding hydrogens is 362 g/mol. The van der Waals surface area contributed by atoms with Crippen molar-refractivity contribution < 1.29 is 14.1 Å². The van der Waals surface area contributed by atoms with Gasteiger partial charge in [0.1, 0.15) is 10.6 Å². The van der Waals surface area contributed by atoms with E-state index in [0.29, 0.717) is 11.3 Å². The molecule has 0 aliphatic carbocycles. The number of hydrogen-bond acceptors (Lipinski definition) is 6. The van der Waals surface area contributed by atoms with Crippen LogP contribution in [0.15, 0.2) is 76.4 Å². The van der Waals surface area contributed by atoms with Crippen molar-refractivity contribution in [3.8, 4) is 11.3 Å². The Labute approximate surface area is 158 Å². The van der Waals surface area contributed by atoms with Gasteiger partial charge in [-0.05, 0) is 18.2 Å². The Morgan fingerprint density at radius 3 is 2.68 bits per heavy atom. The Morgan fingerprint density at radius 2 is 1.93 bits per heavy atom. The summed E-state index contributed by atoms with van der Waals surface area (Å²) in [5, 5.41) is 14.4.